The number of carbonyl (C=O) groups excluding carboxylic acids is 3. The average Bonchev–Trinajstić information content (AvgIpc) is 3.42. The molecule has 0 bridgehead atoms. The highest BCUT2D eigenvalue weighted by Gasteiger charge is 2.67. The lowest BCUT2D eigenvalue weighted by Gasteiger charge is -2.40. The number of hydrogen-bond donors (Lipinski definition) is 0. The minimum atomic E-state index is -1.58. The van der Waals surface area contributed by atoms with Crippen molar-refractivity contribution in [2.75, 3.05) is 18.2 Å². The number of carbonyl (C=O) groups is 3. The zero-order valence-electron chi connectivity index (χ0n) is 23.0. The first-order chi connectivity index (χ1) is 19.8. The van der Waals surface area contributed by atoms with Crippen LogP contribution < -0.4 is 5.01 Å². The summed E-state index contributed by atoms with van der Waals surface area (Å²) in [6.07, 6.45) is 0. The van der Waals surface area contributed by atoms with Gasteiger partial charge in [-0.1, -0.05) is 72.3 Å². The number of esters is 2. The molecule has 2 unspecified atom stereocenters. The Bertz CT molecular complexity index is 1520. The average molecular weight is 572 g/mol. The van der Waals surface area contributed by atoms with Gasteiger partial charge in [-0.15, -0.1) is 0 Å². The highest BCUT2D eigenvalue weighted by Crippen LogP contribution is 2.54. The Morgan fingerprint density at radius 2 is 1.46 bits per heavy atom. The lowest BCUT2D eigenvalue weighted by molar-refractivity contribution is -0.143. The molecule has 2 aliphatic rings. The van der Waals surface area contributed by atoms with Crippen molar-refractivity contribution in [1.29, 1.82) is 0 Å². The van der Waals surface area contributed by atoms with E-state index in [1.165, 1.54) is 5.01 Å². The van der Waals surface area contributed by atoms with Crippen LogP contribution in [-0.4, -0.2) is 47.2 Å². The van der Waals surface area contributed by atoms with E-state index in [9.17, 15) is 14.4 Å². The van der Waals surface area contributed by atoms with E-state index in [1.54, 1.807) is 62.1 Å². The van der Waals surface area contributed by atoms with Crippen LogP contribution in [0.5, 0.6) is 0 Å². The van der Waals surface area contributed by atoms with Crippen molar-refractivity contribution in [3.05, 3.63) is 112 Å². The Kier molecular flexibility index (Phi) is 7.94. The summed E-state index contributed by atoms with van der Waals surface area (Å²) in [5.41, 5.74) is 0.853. The Morgan fingerprint density at radius 3 is 2.07 bits per heavy atom. The van der Waals surface area contributed by atoms with Gasteiger partial charge in [-0.2, -0.15) is 10.1 Å². The van der Waals surface area contributed by atoms with Gasteiger partial charge in [0.1, 0.15) is 5.70 Å². The molecule has 1 amide bonds. The van der Waals surface area contributed by atoms with Gasteiger partial charge in [-0.25, -0.2) is 9.59 Å². The predicted octanol–water partition coefficient (Wildman–Crippen LogP) is 5.48. The minimum Gasteiger partial charge on any atom is -0.463 e. The topological polar surface area (TPSA) is 88.5 Å². The molecule has 0 aromatic heterocycles. The molecule has 2 atom stereocenters. The summed E-state index contributed by atoms with van der Waals surface area (Å²) in [6, 6.07) is 25.4. The van der Waals surface area contributed by atoms with Gasteiger partial charge < -0.3 is 14.4 Å². The Hall–Kier alpha value is -4.43. The number of benzene rings is 3. The molecule has 0 aliphatic carbocycles. The molecule has 5 rings (SSSR count). The summed E-state index contributed by atoms with van der Waals surface area (Å²) in [5.74, 6) is -2.78. The quantitative estimate of drug-likeness (QED) is 0.333. The highest BCUT2D eigenvalue weighted by molar-refractivity contribution is 6.30. The van der Waals surface area contributed by atoms with Crippen LogP contribution in [0.1, 0.15) is 37.8 Å². The Morgan fingerprint density at radius 1 is 0.878 bits per heavy atom. The first kappa shape index (κ1) is 28.1. The fraction of sp³-hybridized carbons (Fsp3) is 0.250. The highest BCUT2D eigenvalue weighted by atomic mass is 35.5. The second-order valence-electron chi connectivity index (χ2n) is 9.66. The smallest absolute Gasteiger partial charge is 0.355 e. The van der Waals surface area contributed by atoms with Crippen molar-refractivity contribution >= 4 is 40.8 Å². The summed E-state index contributed by atoms with van der Waals surface area (Å²) < 4.78 is 11.0. The molecule has 0 fully saturated rings. The van der Waals surface area contributed by atoms with E-state index >= 15 is 0 Å². The monoisotopic (exact) mass is 571 g/mol. The molecule has 3 aromatic carbocycles. The molecule has 2 aliphatic heterocycles. The van der Waals surface area contributed by atoms with Crippen molar-refractivity contribution in [1.82, 2.24) is 4.90 Å². The lowest BCUT2D eigenvalue weighted by atomic mass is 9.73. The van der Waals surface area contributed by atoms with E-state index in [4.69, 9.17) is 26.2 Å². The number of halogens is 1. The van der Waals surface area contributed by atoms with Crippen molar-refractivity contribution in [2.45, 2.75) is 38.8 Å². The number of hydrazone groups is 1. The maximum absolute atomic E-state index is 14.9. The summed E-state index contributed by atoms with van der Waals surface area (Å²) >= 11 is 6.25. The summed E-state index contributed by atoms with van der Waals surface area (Å²) in [6.45, 7) is 5.41. The fourth-order valence-corrected chi connectivity index (χ4v) is 5.80. The van der Waals surface area contributed by atoms with E-state index < -0.39 is 29.3 Å². The standard InChI is InChI=1S/C32H30ClN3O5/c1-4-40-29(37)26-27(23-16-18-24(33)19-17-23)32(21(3)34-36(31(32)39)25-14-10-7-11-15-25)35(28(26)30(38)41-5-2)20-22-12-8-6-9-13-22/h6-19,27H,4-5,20H2,1-3H3. The number of anilines is 1. The molecule has 9 heteroatoms. The molecule has 8 nitrogen and oxygen atoms in total. The molecular weight excluding hydrogens is 542 g/mol. The van der Waals surface area contributed by atoms with E-state index in [0.717, 1.165) is 5.56 Å². The normalized spacial score (nSPS) is 20.0. The zero-order chi connectivity index (χ0) is 29.1. The third kappa shape index (κ3) is 4.78. The van der Waals surface area contributed by atoms with E-state index in [0.29, 0.717) is 22.0 Å². The molecule has 1 spiro atoms. The second-order valence-corrected chi connectivity index (χ2v) is 10.1. The SMILES string of the molecule is CCOC(=O)C1=C(C(=O)OCC)N(Cc2ccccc2)C2(C(=O)N(c3ccccc3)N=C2C)C1c1ccc(Cl)cc1. The zero-order valence-corrected chi connectivity index (χ0v) is 23.8. The van der Waals surface area contributed by atoms with E-state index in [1.807, 2.05) is 48.5 Å². The minimum absolute atomic E-state index is 0.0214. The van der Waals surface area contributed by atoms with Crippen LogP contribution in [0, 0.1) is 0 Å². The fourth-order valence-electron chi connectivity index (χ4n) is 5.67. The van der Waals surface area contributed by atoms with Crippen LogP contribution in [-0.2, 0) is 30.4 Å². The first-order valence-electron chi connectivity index (χ1n) is 13.4. The third-order valence-electron chi connectivity index (χ3n) is 7.33. The maximum Gasteiger partial charge on any atom is 0.355 e. The van der Waals surface area contributed by atoms with Crippen molar-refractivity contribution in [3.63, 3.8) is 0 Å². The van der Waals surface area contributed by atoms with Crippen molar-refractivity contribution in [3.8, 4) is 0 Å². The van der Waals surface area contributed by atoms with Gasteiger partial charge in [0.2, 0.25) is 0 Å². The third-order valence-corrected chi connectivity index (χ3v) is 7.58. The van der Waals surface area contributed by atoms with Gasteiger partial charge in [0, 0.05) is 11.6 Å². The first-order valence-corrected chi connectivity index (χ1v) is 13.8. The van der Waals surface area contributed by atoms with Crippen LogP contribution in [0.4, 0.5) is 5.69 Å². The van der Waals surface area contributed by atoms with Gasteiger partial charge in [0.25, 0.3) is 5.91 Å². The molecule has 0 radical (unpaired) electrons. The molecule has 0 saturated carbocycles. The largest absolute Gasteiger partial charge is 0.463 e. The maximum atomic E-state index is 14.9. The number of rotatable bonds is 8. The second kappa shape index (κ2) is 11.6. The Balaban J connectivity index is 1.83. The van der Waals surface area contributed by atoms with Crippen LogP contribution in [0.2, 0.25) is 5.02 Å². The number of amides is 1. The number of para-hydroxylation sites is 1. The van der Waals surface area contributed by atoms with E-state index in [-0.39, 0.29) is 31.0 Å². The summed E-state index contributed by atoms with van der Waals surface area (Å²) in [4.78, 5) is 44.1. The van der Waals surface area contributed by atoms with Crippen LogP contribution in [0.25, 0.3) is 0 Å². The molecule has 41 heavy (non-hydrogen) atoms. The van der Waals surface area contributed by atoms with Gasteiger partial charge in [0.15, 0.2) is 5.54 Å². The van der Waals surface area contributed by atoms with Gasteiger partial charge in [0.05, 0.1) is 36.1 Å². The molecular formula is C32H30ClN3O5. The van der Waals surface area contributed by atoms with Crippen LogP contribution in [0.15, 0.2) is 101 Å². The van der Waals surface area contributed by atoms with Crippen molar-refractivity contribution < 1.29 is 23.9 Å². The van der Waals surface area contributed by atoms with Gasteiger partial charge >= 0.3 is 11.9 Å². The summed E-state index contributed by atoms with van der Waals surface area (Å²) in [7, 11) is 0. The lowest BCUT2D eigenvalue weighted by Crippen LogP contribution is -2.59. The molecule has 210 valence electrons. The van der Waals surface area contributed by atoms with Gasteiger partial charge in [-0.3, -0.25) is 4.79 Å². The number of nitrogens with zero attached hydrogens (tertiary/aromatic N) is 3. The van der Waals surface area contributed by atoms with Crippen LogP contribution in [0.3, 0.4) is 0 Å². The Labute approximate surface area is 243 Å². The van der Waals surface area contributed by atoms with E-state index in [2.05, 4.69) is 0 Å². The molecule has 3 aromatic rings. The van der Waals surface area contributed by atoms with Crippen LogP contribution >= 0.6 is 11.6 Å². The molecule has 2 heterocycles. The number of hydrogen-bond acceptors (Lipinski definition) is 7. The molecule has 0 N–H and O–H groups in total. The molecule has 0 saturated heterocycles. The predicted molar refractivity (Wildman–Crippen MR) is 156 cm³/mol. The summed E-state index contributed by atoms with van der Waals surface area (Å²) in [5, 5.41) is 6.57. The van der Waals surface area contributed by atoms with Gasteiger partial charge in [-0.05, 0) is 56.2 Å². The number of ether oxygens (including phenoxy) is 2. The van der Waals surface area contributed by atoms with Crippen molar-refractivity contribution in [2.24, 2.45) is 5.10 Å².